The van der Waals surface area contributed by atoms with Crippen LogP contribution in [0.25, 0.3) is 0 Å². The molecule has 0 spiro atoms. The van der Waals surface area contributed by atoms with Gasteiger partial charge < -0.3 is 10.8 Å². The number of hydrogen-bond acceptors (Lipinski definition) is 5. The van der Waals surface area contributed by atoms with Crippen LogP contribution in [0.4, 0.5) is 9.52 Å². The molecule has 20 heavy (non-hydrogen) atoms. The topological polar surface area (TPSA) is 62.4 Å². The van der Waals surface area contributed by atoms with Crippen molar-refractivity contribution in [1.29, 1.82) is 0 Å². The summed E-state index contributed by atoms with van der Waals surface area (Å²) >= 11 is 1.45. The van der Waals surface area contributed by atoms with Crippen molar-refractivity contribution in [2.75, 3.05) is 12.3 Å². The lowest BCUT2D eigenvalue weighted by Crippen LogP contribution is -2.23. The molecule has 6 heteroatoms. The van der Waals surface area contributed by atoms with E-state index in [0.29, 0.717) is 24.6 Å². The Balaban J connectivity index is 1.81. The molecule has 1 fully saturated rings. The Morgan fingerprint density at radius 2 is 2.35 bits per heavy atom. The number of aliphatic hydroxyl groups is 1. The van der Waals surface area contributed by atoms with Gasteiger partial charge >= 0.3 is 0 Å². The molecule has 1 aliphatic heterocycles. The number of nitrogens with zero attached hydrogens (tertiary/aromatic N) is 2. The Bertz CT molecular complexity index is 604. The van der Waals surface area contributed by atoms with Crippen LogP contribution in [0.1, 0.15) is 22.9 Å². The van der Waals surface area contributed by atoms with Crippen LogP contribution in [-0.4, -0.2) is 27.6 Å². The molecule has 0 amide bonds. The van der Waals surface area contributed by atoms with Crippen molar-refractivity contribution in [2.24, 2.45) is 0 Å². The fraction of sp³-hybridized carbons (Fsp3) is 0.357. The molecule has 1 aliphatic rings. The maximum Gasteiger partial charge on any atom is 0.180 e. The lowest BCUT2D eigenvalue weighted by Gasteiger charge is -2.23. The number of hydrogen-bond donors (Lipinski definition) is 2. The van der Waals surface area contributed by atoms with Crippen molar-refractivity contribution >= 4 is 16.5 Å². The molecular weight excluding hydrogens is 277 g/mol. The lowest BCUT2D eigenvalue weighted by atomic mass is 10.0. The molecule has 4 nitrogen and oxygen atoms in total. The molecule has 0 bridgehead atoms. The Labute approximate surface area is 120 Å². The summed E-state index contributed by atoms with van der Waals surface area (Å²) in [5.74, 6) is -0.245. The average molecular weight is 293 g/mol. The second kappa shape index (κ2) is 5.47. The summed E-state index contributed by atoms with van der Waals surface area (Å²) in [6.45, 7) is 1.26. The minimum absolute atomic E-state index is 0.0315. The third-order valence-corrected chi connectivity index (χ3v) is 4.36. The van der Waals surface area contributed by atoms with E-state index in [1.165, 1.54) is 23.5 Å². The number of thiazole rings is 1. The lowest BCUT2D eigenvalue weighted by molar-refractivity contribution is 0.173. The Hall–Kier alpha value is -1.50. The van der Waals surface area contributed by atoms with Crippen LogP contribution >= 0.6 is 11.3 Å². The Morgan fingerprint density at radius 1 is 1.50 bits per heavy atom. The van der Waals surface area contributed by atoms with Gasteiger partial charge in [0.15, 0.2) is 5.13 Å². The number of rotatable bonds is 3. The summed E-state index contributed by atoms with van der Waals surface area (Å²) in [4.78, 5) is 7.24. The second-order valence-corrected chi connectivity index (χ2v) is 6.20. The van der Waals surface area contributed by atoms with Crippen LogP contribution < -0.4 is 5.73 Å². The van der Waals surface area contributed by atoms with Gasteiger partial charge in [-0.2, -0.15) is 0 Å². The molecule has 3 N–H and O–H groups in total. The van der Waals surface area contributed by atoms with E-state index >= 15 is 0 Å². The third-order valence-electron chi connectivity index (χ3n) is 3.55. The first-order chi connectivity index (χ1) is 9.61. The van der Waals surface area contributed by atoms with Crippen LogP contribution in [-0.2, 0) is 6.54 Å². The Morgan fingerprint density at radius 3 is 3.05 bits per heavy atom. The zero-order chi connectivity index (χ0) is 14.1. The van der Waals surface area contributed by atoms with Crippen molar-refractivity contribution in [2.45, 2.75) is 25.1 Å². The predicted octanol–water partition coefficient (Wildman–Crippen LogP) is 2.17. The van der Waals surface area contributed by atoms with E-state index in [1.54, 1.807) is 12.3 Å². The van der Waals surface area contributed by atoms with Crippen molar-refractivity contribution in [3.05, 3.63) is 46.7 Å². The molecular formula is C14H16FN3OS. The van der Waals surface area contributed by atoms with Crippen LogP contribution in [0.2, 0.25) is 0 Å². The molecule has 3 rings (SSSR count). The molecule has 0 radical (unpaired) electrons. The van der Waals surface area contributed by atoms with Crippen molar-refractivity contribution in [3.63, 3.8) is 0 Å². The molecule has 106 valence electrons. The molecule has 2 unspecified atom stereocenters. The van der Waals surface area contributed by atoms with Crippen LogP contribution in [0.3, 0.4) is 0 Å². The van der Waals surface area contributed by atoms with Crippen molar-refractivity contribution in [3.8, 4) is 0 Å². The number of likely N-dealkylation sites (tertiary alicyclic amines) is 1. The highest BCUT2D eigenvalue weighted by atomic mass is 32.1. The van der Waals surface area contributed by atoms with E-state index in [-0.39, 0.29) is 18.0 Å². The normalized spacial score (nSPS) is 23.3. The summed E-state index contributed by atoms with van der Waals surface area (Å²) in [6.07, 6.45) is 2.00. The number of β-amino-alcohol motifs (C(OH)–C–C–N with tert-alkyl or cyclic N) is 1. The summed E-state index contributed by atoms with van der Waals surface area (Å²) in [6, 6.07) is 6.61. The molecule has 2 atom stereocenters. The van der Waals surface area contributed by atoms with E-state index in [4.69, 9.17) is 5.73 Å². The van der Waals surface area contributed by atoms with Gasteiger partial charge in [-0.3, -0.25) is 4.90 Å². The average Bonchev–Trinajstić information content (AvgIpc) is 2.96. The number of benzene rings is 1. The maximum atomic E-state index is 13.4. The van der Waals surface area contributed by atoms with Gasteiger partial charge in [0.1, 0.15) is 5.82 Å². The van der Waals surface area contributed by atoms with Gasteiger partial charge in [-0.25, -0.2) is 9.37 Å². The monoisotopic (exact) mass is 293 g/mol. The minimum atomic E-state index is -0.381. The third kappa shape index (κ3) is 2.82. The first kappa shape index (κ1) is 13.5. The number of aromatic nitrogens is 1. The molecule has 1 saturated heterocycles. The zero-order valence-electron chi connectivity index (χ0n) is 10.9. The first-order valence-electron chi connectivity index (χ1n) is 6.49. The summed E-state index contributed by atoms with van der Waals surface area (Å²) in [5.41, 5.74) is 6.54. The van der Waals surface area contributed by atoms with Crippen LogP contribution in [0.15, 0.2) is 30.5 Å². The molecule has 2 aromatic rings. The minimum Gasteiger partial charge on any atom is -0.392 e. The fourth-order valence-corrected chi connectivity index (χ4v) is 3.42. The van der Waals surface area contributed by atoms with Gasteiger partial charge in [-0.05, 0) is 24.1 Å². The quantitative estimate of drug-likeness (QED) is 0.910. The highest BCUT2D eigenvalue weighted by Crippen LogP contribution is 2.34. The zero-order valence-corrected chi connectivity index (χ0v) is 11.7. The molecule has 2 heterocycles. The van der Waals surface area contributed by atoms with E-state index < -0.39 is 0 Å². The van der Waals surface area contributed by atoms with E-state index in [1.807, 2.05) is 6.07 Å². The second-order valence-electron chi connectivity index (χ2n) is 5.05. The van der Waals surface area contributed by atoms with Crippen molar-refractivity contribution < 1.29 is 9.50 Å². The number of halogens is 1. The van der Waals surface area contributed by atoms with Gasteiger partial charge in [0, 0.05) is 30.2 Å². The predicted molar refractivity (Wildman–Crippen MR) is 76.7 cm³/mol. The standard InChI is InChI=1S/C14H16FN3OS/c15-10-3-1-2-9(4-10)13-5-11(19)7-18(13)8-12-6-17-14(16)20-12/h1-4,6,11,13,19H,5,7-8H2,(H2,16,17). The van der Waals surface area contributed by atoms with E-state index in [9.17, 15) is 9.50 Å². The molecule has 1 aromatic heterocycles. The highest BCUT2D eigenvalue weighted by molar-refractivity contribution is 7.15. The van der Waals surface area contributed by atoms with E-state index in [2.05, 4.69) is 9.88 Å². The largest absolute Gasteiger partial charge is 0.392 e. The Kier molecular flexibility index (Phi) is 3.69. The summed E-state index contributed by atoms with van der Waals surface area (Å²) < 4.78 is 13.4. The number of nitrogen functional groups attached to an aromatic ring is 1. The first-order valence-corrected chi connectivity index (χ1v) is 7.31. The highest BCUT2D eigenvalue weighted by Gasteiger charge is 2.32. The smallest absolute Gasteiger partial charge is 0.180 e. The molecule has 1 aromatic carbocycles. The van der Waals surface area contributed by atoms with Crippen LogP contribution in [0.5, 0.6) is 0 Å². The van der Waals surface area contributed by atoms with E-state index in [0.717, 1.165) is 10.4 Å². The number of aliphatic hydroxyl groups excluding tert-OH is 1. The summed E-state index contributed by atoms with van der Waals surface area (Å²) in [7, 11) is 0. The number of nitrogens with two attached hydrogens (primary N) is 1. The van der Waals surface area contributed by atoms with Gasteiger partial charge in [0.25, 0.3) is 0 Å². The van der Waals surface area contributed by atoms with Gasteiger partial charge in [0.2, 0.25) is 0 Å². The van der Waals surface area contributed by atoms with Gasteiger partial charge in [-0.1, -0.05) is 12.1 Å². The summed E-state index contributed by atoms with van der Waals surface area (Å²) in [5, 5.41) is 10.5. The molecule has 0 saturated carbocycles. The SMILES string of the molecule is Nc1ncc(CN2CC(O)CC2c2cccc(F)c2)s1. The maximum absolute atomic E-state index is 13.4. The number of anilines is 1. The van der Waals surface area contributed by atoms with Gasteiger partial charge in [-0.15, -0.1) is 11.3 Å². The van der Waals surface area contributed by atoms with Crippen molar-refractivity contribution in [1.82, 2.24) is 9.88 Å². The van der Waals surface area contributed by atoms with Gasteiger partial charge in [0.05, 0.1) is 6.10 Å². The fourth-order valence-electron chi connectivity index (χ4n) is 2.71. The molecule has 0 aliphatic carbocycles. The van der Waals surface area contributed by atoms with Crippen LogP contribution in [0, 0.1) is 5.82 Å².